The van der Waals surface area contributed by atoms with Crippen LogP contribution < -0.4 is 0 Å². The molecule has 28 heavy (non-hydrogen) atoms. The van der Waals surface area contributed by atoms with Crippen molar-refractivity contribution in [3.05, 3.63) is 58.2 Å². The number of rotatable bonds is 3. The fourth-order valence-electron chi connectivity index (χ4n) is 4.09. The van der Waals surface area contributed by atoms with Crippen molar-refractivity contribution in [3.8, 4) is 0 Å². The number of hydrogen-bond acceptors (Lipinski definition) is 5. The largest absolute Gasteiger partial charge is 0.378 e. The highest BCUT2D eigenvalue weighted by Crippen LogP contribution is 2.35. The molecule has 0 amide bonds. The molecule has 1 saturated heterocycles. The molecule has 0 bridgehead atoms. The second-order valence-electron chi connectivity index (χ2n) is 7.21. The molecule has 1 aliphatic heterocycles. The first-order valence-corrected chi connectivity index (χ1v) is 10.3. The number of ether oxygens (including phenoxy) is 1. The predicted molar refractivity (Wildman–Crippen MR) is 110 cm³/mol. The molecule has 1 aliphatic rings. The fraction of sp³-hybridized carbons (Fsp3) is 0.333. The molecular formula is C21H19N5OS. The average Bonchev–Trinajstić information content (AvgIpc) is 3.35. The van der Waals surface area contributed by atoms with Crippen molar-refractivity contribution >= 4 is 39.0 Å². The maximum Gasteiger partial charge on any atom is 0.188 e. The number of fused-ring (bicyclic) bond motifs is 3. The molecule has 3 aromatic heterocycles. The van der Waals surface area contributed by atoms with E-state index in [0.717, 1.165) is 53.6 Å². The maximum atomic E-state index is 7.40. The zero-order valence-corrected chi connectivity index (χ0v) is 16.3. The number of hydrogen-bond donors (Lipinski definition) is 0. The molecule has 5 rings (SSSR count). The van der Waals surface area contributed by atoms with Gasteiger partial charge in [-0.05, 0) is 31.9 Å². The molecule has 0 aliphatic carbocycles. The Morgan fingerprint density at radius 3 is 3.04 bits per heavy atom. The van der Waals surface area contributed by atoms with E-state index in [0.29, 0.717) is 11.7 Å². The molecule has 0 spiro atoms. The van der Waals surface area contributed by atoms with Gasteiger partial charge in [0.25, 0.3) is 0 Å². The van der Waals surface area contributed by atoms with Crippen LogP contribution in [0, 0.1) is 6.57 Å². The number of thiazole rings is 1. The van der Waals surface area contributed by atoms with Gasteiger partial charge in [0.05, 0.1) is 35.4 Å². The predicted octanol–water partition coefficient (Wildman–Crippen LogP) is 4.92. The smallest absolute Gasteiger partial charge is 0.188 e. The molecule has 4 heterocycles. The van der Waals surface area contributed by atoms with Crippen molar-refractivity contribution in [2.75, 3.05) is 6.61 Å². The summed E-state index contributed by atoms with van der Waals surface area (Å²) in [4.78, 5) is 18.6. The molecule has 0 saturated carbocycles. The van der Waals surface area contributed by atoms with Gasteiger partial charge in [0.15, 0.2) is 5.69 Å². The third-order valence-corrected chi connectivity index (χ3v) is 6.12. The minimum Gasteiger partial charge on any atom is -0.378 e. The number of imidazole rings is 1. The van der Waals surface area contributed by atoms with Crippen LogP contribution in [-0.2, 0) is 11.2 Å². The molecule has 0 radical (unpaired) electrons. The Kier molecular flexibility index (Phi) is 4.30. The normalized spacial score (nSPS) is 19.9. The Morgan fingerprint density at radius 1 is 1.32 bits per heavy atom. The monoisotopic (exact) mass is 389 g/mol. The van der Waals surface area contributed by atoms with Crippen molar-refractivity contribution < 1.29 is 4.74 Å². The molecule has 0 N–H and O–H groups in total. The van der Waals surface area contributed by atoms with Crippen molar-refractivity contribution in [2.45, 2.75) is 38.3 Å². The van der Waals surface area contributed by atoms with Gasteiger partial charge < -0.3 is 9.30 Å². The van der Waals surface area contributed by atoms with Crippen LogP contribution >= 0.6 is 11.3 Å². The molecule has 1 aromatic carbocycles. The molecule has 0 unspecified atom stereocenters. The standard InChI is InChI=1S/C21H19N5OS/c1-13-7-15(5-6-27-13)26-20(9-16-10-23-12-28-16)25-19-11-24-18-4-3-14(22-2)8-17(18)21(19)26/h3-4,8,10-13,15H,5-7,9H2,1H3/t13-,15-/m1/s1. The number of aromatic nitrogens is 4. The van der Waals surface area contributed by atoms with Crippen LogP contribution in [0.5, 0.6) is 0 Å². The van der Waals surface area contributed by atoms with Crippen LogP contribution in [-0.4, -0.2) is 32.2 Å². The zero-order valence-electron chi connectivity index (χ0n) is 15.5. The summed E-state index contributed by atoms with van der Waals surface area (Å²) in [5.74, 6) is 1.03. The van der Waals surface area contributed by atoms with Gasteiger partial charge in [0.1, 0.15) is 11.3 Å². The Morgan fingerprint density at radius 2 is 2.25 bits per heavy atom. The van der Waals surface area contributed by atoms with Crippen molar-refractivity contribution in [1.82, 2.24) is 19.5 Å². The lowest BCUT2D eigenvalue weighted by Gasteiger charge is -2.30. The van der Waals surface area contributed by atoms with Crippen LogP contribution in [0.25, 0.3) is 26.8 Å². The van der Waals surface area contributed by atoms with Crippen LogP contribution in [0.15, 0.2) is 36.1 Å². The van der Waals surface area contributed by atoms with E-state index in [-0.39, 0.29) is 6.10 Å². The van der Waals surface area contributed by atoms with E-state index in [1.165, 1.54) is 4.88 Å². The summed E-state index contributed by atoms with van der Waals surface area (Å²) in [5, 5.41) is 0.994. The van der Waals surface area contributed by atoms with Gasteiger partial charge in [-0.15, -0.1) is 11.3 Å². The van der Waals surface area contributed by atoms with Crippen molar-refractivity contribution in [3.63, 3.8) is 0 Å². The number of pyridine rings is 1. The Labute approximate surface area is 166 Å². The molecule has 4 aromatic rings. The third-order valence-electron chi connectivity index (χ3n) is 5.34. The van der Waals surface area contributed by atoms with E-state index in [9.17, 15) is 0 Å². The second kappa shape index (κ2) is 6.97. The molecular weight excluding hydrogens is 370 g/mol. The van der Waals surface area contributed by atoms with Crippen LogP contribution in [0.3, 0.4) is 0 Å². The SMILES string of the molecule is [C-]#[N+]c1ccc2ncc3nc(Cc4cncs4)n([C@@H]4CCO[C@H](C)C4)c3c2c1. The topological polar surface area (TPSA) is 57.2 Å². The summed E-state index contributed by atoms with van der Waals surface area (Å²) in [6, 6.07) is 6.01. The first-order valence-electron chi connectivity index (χ1n) is 9.39. The number of benzene rings is 1. The summed E-state index contributed by atoms with van der Waals surface area (Å²) < 4.78 is 8.17. The molecule has 1 fully saturated rings. The van der Waals surface area contributed by atoms with E-state index in [1.807, 2.05) is 36.1 Å². The lowest BCUT2D eigenvalue weighted by Crippen LogP contribution is -2.26. The van der Waals surface area contributed by atoms with Crippen LogP contribution in [0.4, 0.5) is 5.69 Å². The minimum absolute atomic E-state index is 0.222. The van der Waals surface area contributed by atoms with Crippen LogP contribution in [0.1, 0.15) is 36.5 Å². The highest BCUT2D eigenvalue weighted by molar-refractivity contribution is 7.09. The lowest BCUT2D eigenvalue weighted by molar-refractivity contribution is 0.00631. The van der Waals surface area contributed by atoms with E-state index in [2.05, 4.69) is 26.3 Å². The maximum absolute atomic E-state index is 7.40. The van der Waals surface area contributed by atoms with Gasteiger partial charge in [0, 0.05) is 35.5 Å². The molecule has 6 nitrogen and oxygen atoms in total. The van der Waals surface area contributed by atoms with Gasteiger partial charge >= 0.3 is 0 Å². The lowest BCUT2D eigenvalue weighted by atomic mass is 10.0. The summed E-state index contributed by atoms with van der Waals surface area (Å²) in [5.41, 5.74) is 5.34. The molecule has 140 valence electrons. The average molecular weight is 389 g/mol. The van der Waals surface area contributed by atoms with E-state index < -0.39 is 0 Å². The first kappa shape index (κ1) is 17.3. The quantitative estimate of drug-likeness (QED) is 0.467. The Bertz CT molecular complexity index is 1190. The van der Waals surface area contributed by atoms with Gasteiger partial charge in [-0.25, -0.2) is 9.83 Å². The van der Waals surface area contributed by atoms with E-state index in [4.69, 9.17) is 16.3 Å². The summed E-state index contributed by atoms with van der Waals surface area (Å²) in [6.07, 6.45) is 6.64. The van der Waals surface area contributed by atoms with Gasteiger partial charge in [-0.2, -0.15) is 0 Å². The fourth-order valence-corrected chi connectivity index (χ4v) is 4.69. The summed E-state index contributed by atoms with van der Waals surface area (Å²) in [6.45, 7) is 10.3. The Balaban J connectivity index is 1.77. The van der Waals surface area contributed by atoms with Crippen LogP contribution in [0.2, 0.25) is 0 Å². The molecule has 2 atom stereocenters. The minimum atomic E-state index is 0.222. The van der Waals surface area contributed by atoms with Crippen molar-refractivity contribution in [1.29, 1.82) is 0 Å². The van der Waals surface area contributed by atoms with Crippen molar-refractivity contribution in [2.24, 2.45) is 0 Å². The number of nitrogens with zero attached hydrogens (tertiary/aromatic N) is 5. The Hall–Kier alpha value is -2.82. The van der Waals surface area contributed by atoms with Gasteiger partial charge in [0.2, 0.25) is 0 Å². The summed E-state index contributed by atoms with van der Waals surface area (Å²) >= 11 is 1.65. The first-order chi connectivity index (χ1) is 13.7. The molecule has 7 heteroatoms. The highest BCUT2D eigenvalue weighted by Gasteiger charge is 2.26. The third kappa shape index (κ3) is 2.95. The van der Waals surface area contributed by atoms with E-state index >= 15 is 0 Å². The van der Waals surface area contributed by atoms with E-state index in [1.54, 1.807) is 11.3 Å². The zero-order chi connectivity index (χ0) is 19.1. The van der Waals surface area contributed by atoms with Gasteiger partial charge in [-0.3, -0.25) is 9.97 Å². The summed E-state index contributed by atoms with van der Waals surface area (Å²) in [7, 11) is 0. The highest BCUT2D eigenvalue weighted by atomic mass is 32.1. The van der Waals surface area contributed by atoms with Gasteiger partial charge in [-0.1, -0.05) is 6.07 Å². The second-order valence-corrected chi connectivity index (χ2v) is 8.18.